The molecule has 2 N–H and O–H groups in total. The molecule has 4 heteroatoms. The summed E-state index contributed by atoms with van der Waals surface area (Å²) >= 11 is 0. The number of aryl methyl sites for hydroxylation is 3. The van der Waals surface area contributed by atoms with Gasteiger partial charge in [-0.05, 0) is 55.7 Å². The summed E-state index contributed by atoms with van der Waals surface area (Å²) in [5, 5.41) is 6.27. The van der Waals surface area contributed by atoms with Gasteiger partial charge in [0.15, 0.2) is 0 Å². The van der Waals surface area contributed by atoms with Crippen molar-refractivity contribution in [3.63, 3.8) is 0 Å². The Morgan fingerprint density at radius 2 is 1.85 bits per heavy atom. The number of nitrogens with zero attached hydrogens (tertiary/aromatic N) is 1. The molecule has 3 aromatic rings. The Hall–Kier alpha value is -3.14. The summed E-state index contributed by atoms with van der Waals surface area (Å²) in [7, 11) is 0. The van der Waals surface area contributed by atoms with Gasteiger partial charge in [-0.1, -0.05) is 42.8 Å². The van der Waals surface area contributed by atoms with Gasteiger partial charge in [0.2, 0.25) is 0 Å². The summed E-state index contributed by atoms with van der Waals surface area (Å²) in [6.07, 6.45) is 2.62. The van der Waals surface area contributed by atoms with Crippen LogP contribution in [0.2, 0.25) is 0 Å². The van der Waals surface area contributed by atoms with Crippen molar-refractivity contribution in [3.8, 4) is 0 Å². The average Bonchev–Trinajstić information content (AvgIpc) is 2.65. The lowest BCUT2D eigenvalue weighted by molar-refractivity contribution is 0.102. The fourth-order valence-corrected chi connectivity index (χ4v) is 2.86. The van der Waals surface area contributed by atoms with Crippen molar-refractivity contribution in [2.24, 2.45) is 0 Å². The van der Waals surface area contributed by atoms with Gasteiger partial charge in [0.1, 0.15) is 5.82 Å². The van der Waals surface area contributed by atoms with Gasteiger partial charge in [0, 0.05) is 11.3 Å². The SMILES string of the molecule is CCc1cccc(C)c1Nc1ccc(NC(=O)c2cccc(C)c2)cn1. The minimum atomic E-state index is -0.136. The monoisotopic (exact) mass is 345 g/mol. The molecule has 4 nitrogen and oxygen atoms in total. The maximum atomic E-state index is 12.3. The standard InChI is InChI=1S/C22H23N3O/c1-4-17-9-6-8-16(3)21(17)25-20-12-11-19(14-23-20)24-22(26)18-10-5-7-15(2)13-18/h5-14H,4H2,1-3H3,(H,23,25)(H,24,26). The number of carbonyl (C=O) groups excluding carboxylic acids is 1. The number of para-hydroxylation sites is 1. The lowest BCUT2D eigenvalue weighted by Crippen LogP contribution is -2.12. The molecule has 0 aliphatic heterocycles. The maximum Gasteiger partial charge on any atom is 0.255 e. The summed E-state index contributed by atoms with van der Waals surface area (Å²) in [5.41, 5.74) is 5.90. The molecule has 0 spiro atoms. The predicted molar refractivity (Wildman–Crippen MR) is 107 cm³/mol. The first-order valence-corrected chi connectivity index (χ1v) is 8.76. The molecule has 0 unspecified atom stereocenters. The Morgan fingerprint density at radius 3 is 2.54 bits per heavy atom. The largest absolute Gasteiger partial charge is 0.340 e. The predicted octanol–water partition coefficient (Wildman–Crippen LogP) is 5.26. The number of hydrogen-bond acceptors (Lipinski definition) is 3. The van der Waals surface area contributed by atoms with E-state index in [1.807, 2.05) is 37.3 Å². The number of rotatable bonds is 5. The lowest BCUT2D eigenvalue weighted by Gasteiger charge is -2.14. The Kier molecular flexibility index (Phi) is 5.32. The molecule has 132 valence electrons. The topological polar surface area (TPSA) is 54.0 Å². The van der Waals surface area contributed by atoms with Crippen LogP contribution in [0.15, 0.2) is 60.8 Å². The van der Waals surface area contributed by atoms with Crippen LogP contribution < -0.4 is 10.6 Å². The molecule has 0 saturated heterocycles. The molecule has 0 atom stereocenters. The Balaban J connectivity index is 1.72. The molecule has 2 aromatic carbocycles. The van der Waals surface area contributed by atoms with Crippen LogP contribution in [-0.4, -0.2) is 10.9 Å². The quantitative estimate of drug-likeness (QED) is 0.663. The van der Waals surface area contributed by atoms with E-state index in [1.54, 1.807) is 12.3 Å². The van der Waals surface area contributed by atoms with Crippen molar-refractivity contribution < 1.29 is 4.79 Å². The van der Waals surface area contributed by atoms with Crippen molar-refractivity contribution in [1.29, 1.82) is 0 Å². The van der Waals surface area contributed by atoms with E-state index >= 15 is 0 Å². The highest BCUT2D eigenvalue weighted by Crippen LogP contribution is 2.25. The van der Waals surface area contributed by atoms with Gasteiger partial charge in [-0.15, -0.1) is 0 Å². The van der Waals surface area contributed by atoms with E-state index in [4.69, 9.17) is 0 Å². The van der Waals surface area contributed by atoms with Gasteiger partial charge in [-0.2, -0.15) is 0 Å². The number of amides is 1. The molecule has 26 heavy (non-hydrogen) atoms. The van der Waals surface area contributed by atoms with Crippen molar-refractivity contribution in [2.45, 2.75) is 27.2 Å². The second-order valence-corrected chi connectivity index (χ2v) is 6.34. The summed E-state index contributed by atoms with van der Waals surface area (Å²) < 4.78 is 0. The number of carbonyl (C=O) groups is 1. The highest BCUT2D eigenvalue weighted by molar-refractivity contribution is 6.04. The smallest absolute Gasteiger partial charge is 0.255 e. The zero-order chi connectivity index (χ0) is 18.5. The molecule has 0 radical (unpaired) electrons. The first kappa shape index (κ1) is 17.7. The third-order valence-corrected chi connectivity index (χ3v) is 4.29. The molecule has 1 heterocycles. The Bertz CT molecular complexity index is 917. The van der Waals surface area contributed by atoms with Crippen LogP contribution in [0.4, 0.5) is 17.2 Å². The van der Waals surface area contributed by atoms with E-state index in [-0.39, 0.29) is 5.91 Å². The molecule has 3 rings (SSSR count). The van der Waals surface area contributed by atoms with Gasteiger partial charge < -0.3 is 10.6 Å². The highest BCUT2D eigenvalue weighted by atomic mass is 16.1. The molecule has 0 aliphatic rings. The van der Waals surface area contributed by atoms with Gasteiger partial charge in [-0.3, -0.25) is 4.79 Å². The summed E-state index contributed by atoms with van der Waals surface area (Å²) in [5.74, 6) is 0.617. The van der Waals surface area contributed by atoms with Crippen LogP contribution in [-0.2, 0) is 6.42 Å². The number of nitrogens with one attached hydrogen (secondary N) is 2. The van der Waals surface area contributed by atoms with Crippen LogP contribution in [0, 0.1) is 13.8 Å². The Morgan fingerprint density at radius 1 is 1.04 bits per heavy atom. The molecule has 0 aliphatic carbocycles. The zero-order valence-corrected chi connectivity index (χ0v) is 15.3. The molecule has 1 aromatic heterocycles. The van der Waals surface area contributed by atoms with E-state index in [1.165, 1.54) is 11.1 Å². The van der Waals surface area contributed by atoms with Crippen LogP contribution in [0.25, 0.3) is 0 Å². The fourth-order valence-electron chi connectivity index (χ4n) is 2.86. The van der Waals surface area contributed by atoms with Gasteiger partial charge in [0.05, 0.1) is 11.9 Å². The van der Waals surface area contributed by atoms with E-state index in [0.717, 1.165) is 23.5 Å². The molecule has 0 fully saturated rings. The van der Waals surface area contributed by atoms with Gasteiger partial charge in [0.25, 0.3) is 5.91 Å². The minimum absolute atomic E-state index is 0.136. The van der Waals surface area contributed by atoms with Crippen LogP contribution in [0.5, 0.6) is 0 Å². The fraction of sp³-hybridized carbons (Fsp3) is 0.182. The summed E-state index contributed by atoms with van der Waals surface area (Å²) in [6, 6.07) is 17.5. The van der Waals surface area contributed by atoms with Crippen molar-refractivity contribution >= 4 is 23.1 Å². The number of aromatic nitrogens is 1. The minimum Gasteiger partial charge on any atom is -0.340 e. The summed E-state index contributed by atoms with van der Waals surface area (Å²) in [6.45, 7) is 6.18. The number of hydrogen-bond donors (Lipinski definition) is 2. The molecule has 1 amide bonds. The highest BCUT2D eigenvalue weighted by Gasteiger charge is 2.08. The molecular weight excluding hydrogens is 322 g/mol. The van der Waals surface area contributed by atoms with Crippen LogP contribution >= 0.6 is 0 Å². The summed E-state index contributed by atoms with van der Waals surface area (Å²) in [4.78, 5) is 16.7. The third kappa shape index (κ3) is 4.09. The normalized spacial score (nSPS) is 10.4. The number of benzene rings is 2. The van der Waals surface area contributed by atoms with Crippen molar-refractivity contribution in [1.82, 2.24) is 4.98 Å². The van der Waals surface area contributed by atoms with Crippen LogP contribution in [0.3, 0.4) is 0 Å². The zero-order valence-electron chi connectivity index (χ0n) is 15.3. The van der Waals surface area contributed by atoms with Crippen molar-refractivity contribution in [3.05, 3.63) is 83.0 Å². The second-order valence-electron chi connectivity index (χ2n) is 6.34. The second kappa shape index (κ2) is 7.83. The van der Waals surface area contributed by atoms with Gasteiger partial charge in [-0.25, -0.2) is 4.98 Å². The van der Waals surface area contributed by atoms with E-state index in [2.05, 4.69) is 47.7 Å². The van der Waals surface area contributed by atoms with E-state index < -0.39 is 0 Å². The molecular formula is C22H23N3O. The molecule has 0 bridgehead atoms. The van der Waals surface area contributed by atoms with Crippen LogP contribution in [0.1, 0.15) is 34.0 Å². The van der Waals surface area contributed by atoms with Gasteiger partial charge >= 0.3 is 0 Å². The molecule has 0 saturated carbocycles. The van der Waals surface area contributed by atoms with Crippen molar-refractivity contribution in [2.75, 3.05) is 10.6 Å². The third-order valence-electron chi connectivity index (χ3n) is 4.29. The average molecular weight is 345 g/mol. The van der Waals surface area contributed by atoms with E-state index in [9.17, 15) is 4.79 Å². The number of pyridine rings is 1. The number of anilines is 3. The first-order valence-electron chi connectivity index (χ1n) is 8.76. The lowest BCUT2D eigenvalue weighted by atomic mass is 10.1. The van der Waals surface area contributed by atoms with E-state index in [0.29, 0.717) is 11.3 Å². The maximum absolute atomic E-state index is 12.3. The first-order chi connectivity index (χ1) is 12.6. The Labute approximate surface area is 154 Å².